The van der Waals surface area contributed by atoms with Gasteiger partial charge in [-0.15, -0.1) is 0 Å². The van der Waals surface area contributed by atoms with Gasteiger partial charge in [-0.05, 0) is 6.92 Å². The number of hydrogen-bond acceptors (Lipinski definition) is 1. The van der Waals surface area contributed by atoms with E-state index in [-0.39, 0.29) is 77.6 Å². The molecule has 0 spiro atoms. The summed E-state index contributed by atoms with van der Waals surface area (Å²) in [5.74, 6) is 0. The first-order valence-corrected chi connectivity index (χ1v) is 0.813. The molecule has 0 atom stereocenters. The van der Waals surface area contributed by atoms with Crippen LogP contribution in [0.5, 0.6) is 0 Å². The van der Waals surface area contributed by atoms with Gasteiger partial charge in [0.15, 0.2) is 0 Å². The third-order valence-electron chi connectivity index (χ3n) is 0. The van der Waals surface area contributed by atoms with Gasteiger partial charge in [0, 0.05) is 26.2 Å². The molecule has 5 heavy (non-hydrogen) atoms. The van der Waals surface area contributed by atoms with Crippen LogP contribution in [0.25, 0.3) is 0 Å². The van der Waals surface area contributed by atoms with Crippen LogP contribution < -0.4 is 0 Å². The van der Waals surface area contributed by atoms with E-state index in [1.165, 1.54) is 6.92 Å². The molecule has 0 aliphatic carbocycles. The fourth-order valence-electron chi connectivity index (χ4n) is 0. The van der Waals surface area contributed by atoms with Crippen molar-refractivity contribution < 1.29 is 31.0 Å². The Morgan fingerprint density at radius 2 is 1.60 bits per heavy atom. The van der Waals surface area contributed by atoms with Crippen LogP contribution in [-0.4, -0.2) is 57.7 Å². The zero-order chi connectivity index (χ0) is 2.71. The van der Waals surface area contributed by atoms with Gasteiger partial charge in [0.1, 0.15) is 6.29 Å². The van der Waals surface area contributed by atoms with Gasteiger partial charge in [0.05, 0.1) is 0 Å². The van der Waals surface area contributed by atoms with Gasteiger partial charge in [0.25, 0.3) is 0 Å². The summed E-state index contributed by atoms with van der Waals surface area (Å²) < 4.78 is 0. The summed E-state index contributed by atoms with van der Waals surface area (Å²) in [6.07, 6.45) is 0.750. The molecule has 0 saturated carbocycles. The molecule has 0 fully saturated rings. The maximum Gasteiger partial charge on any atom is 0 e. The monoisotopic (exact) mass is 174 g/mol. The minimum Gasteiger partial charge on any atom is 0 e. The maximum atomic E-state index is 8.81. The molecule has 3 heteroatoms. The summed E-state index contributed by atoms with van der Waals surface area (Å²) >= 11 is 0. The van der Waals surface area contributed by atoms with E-state index in [0.29, 0.717) is 0 Å². The van der Waals surface area contributed by atoms with Gasteiger partial charge in [-0.25, -0.2) is 0 Å². The van der Waals surface area contributed by atoms with Gasteiger partial charge in [-0.1, -0.05) is 0 Å². The molecule has 1 nitrogen and oxygen atoms in total. The van der Waals surface area contributed by atoms with Crippen LogP contribution in [0.4, 0.5) is 0 Å². The van der Waals surface area contributed by atoms with Crippen LogP contribution in [0.1, 0.15) is 6.92 Å². The topological polar surface area (TPSA) is 17.1 Å². The normalized spacial score (nSPS) is 2.60. The summed E-state index contributed by atoms with van der Waals surface area (Å²) in [7, 11) is 0. The first-order chi connectivity index (χ1) is 1.41. The molecule has 0 aromatic carbocycles. The predicted octanol–water partition coefficient (Wildman–Crippen LogP) is -0.446. The molecule has 0 aliphatic rings. The van der Waals surface area contributed by atoms with Crippen LogP contribution in [0, 0.1) is 0 Å². The molecule has 0 amide bonds. The average molecular weight is 175 g/mol. The van der Waals surface area contributed by atoms with Crippen molar-refractivity contribution in [1.29, 1.82) is 0 Å². The van der Waals surface area contributed by atoms with Crippen molar-refractivity contribution in [2.75, 3.05) is 0 Å². The van der Waals surface area contributed by atoms with Crippen molar-refractivity contribution in [1.82, 2.24) is 0 Å². The fraction of sp³-hybridized carbons (Fsp3) is 0.500. The zero-order valence-corrected chi connectivity index (χ0v) is 4.94. The molecule has 0 saturated heterocycles. The van der Waals surface area contributed by atoms with E-state index < -0.39 is 0 Å². The van der Waals surface area contributed by atoms with E-state index in [2.05, 4.69) is 0 Å². The van der Waals surface area contributed by atoms with Crippen LogP contribution >= 0.6 is 0 Å². The second-order valence-electron chi connectivity index (χ2n) is 0.236. The second-order valence-corrected chi connectivity index (χ2v) is 0.236. The molecular weight excluding hydrogens is 170 g/mol. The van der Waals surface area contributed by atoms with E-state index in [4.69, 9.17) is 4.79 Å². The summed E-state index contributed by atoms with van der Waals surface area (Å²) in [5.41, 5.74) is 0. The molecule has 0 heterocycles. The largest absolute Gasteiger partial charge is 0 e. The molecular formula is C2H5KOZr. The summed E-state index contributed by atoms with van der Waals surface area (Å²) in [6, 6.07) is 0. The third kappa shape index (κ3) is 22.7. The minimum atomic E-state index is 0. The smallest absolute Gasteiger partial charge is 0 e. The van der Waals surface area contributed by atoms with Crippen molar-refractivity contribution >= 4 is 57.7 Å². The maximum absolute atomic E-state index is 8.81. The fourth-order valence-corrected chi connectivity index (χ4v) is 0. The second kappa shape index (κ2) is 16.4. The molecule has 0 aromatic heterocycles. The Morgan fingerprint density at radius 1 is 1.60 bits per heavy atom. The van der Waals surface area contributed by atoms with E-state index in [9.17, 15) is 0 Å². The Morgan fingerprint density at radius 3 is 1.60 bits per heavy atom. The first kappa shape index (κ1) is 15.7. The number of hydrogen-bond donors (Lipinski definition) is 0. The summed E-state index contributed by atoms with van der Waals surface area (Å²) in [5, 5.41) is 0. The molecule has 0 bridgehead atoms. The number of carbonyl (C=O) groups is 1. The Balaban J connectivity index is -0.0000000200. The molecule has 0 rings (SSSR count). The summed E-state index contributed by atoms with van der Waals surface area (Å²) in [6.45, 7) is 1.44. The minimum absolute atomic E-state index is 0. The standard InChI is InChI=1S/C2H4O.K.Zr.H/c1-2-3;;;/h2H,1H3;;;. The Bertz CT molecular complexity index is 17.1. The van der Waals surface area contributed by atoms with Crippen LogP contribution in [0.15, 0.2) is 0 Å². The van der Waals surface area contributed by atoms with Gasteiger partial charge < -0.3 is 4.79 Å². The Labute approximate surface area is 93.4 Å². The Hall–Kier alpha value is 2.19. The van der Waals surface area contributed by atoms with Gasteiger partial charge in [0.2, 0.25) is 0 Å². The van der Waals surface area contributed by atoms with Crippen molar-refractivity contribution in [2.45, 2.75) is 6.92 Å². The zero-order valence-electron chi connectivity index (χ0n) is 2.49. The van der Waals surface area contributed by atoms with Gasteiger partial charge >= 0.3 is 51.4 Å². The number of rotatable bonds is 0. The van der Waals surface area contributed by atoms with Crippen LogP contribution in [-0.2, 0) is 31.0 Å². The van der Waals surface area contributed by atoms with Crippen molar-refractivity contribution in [2.24, 2.45) is 0 Å². The third-order valence-corrected chi connectivity index (χ3v) is 0. The van der Waals surface area contributed by atoms with Crippen molar-refractivity contribution in [3.63, 3.8) is 0 Å². The summed E-state index contributed by atoms with van der Waals surface area (Å²) in [4.78, 5) is 8.81. The van der Waals surface area contributed by atoms with Crippen LogP contribution in [0.2, 0.25) is 0 Å². The first-order valence-electron chi connectivity index (χ1n) is 0.813. The predicted molar refractivity (Wildman–Crippen MR) is 18.9 cm³/mol. The van der Waals surface area contributed by atoms with Gasteiger partial charge in [-0.2, -0.15) is 0 Å². The molecule has 0 aromatic rings. The molecule has 0 aliphatic heterocycles. The number of aldehydes is 1. The van der Waals surface area contributed by atoms with Crippen LogP contribution in [0.3, 0.4) is 0 Å². The molecule has 0 N–H and O–H groups in total. The average Bonchev–Trinajstić information content (AvgIpc) is 0.918. The van der Waals surface area contributed by atoms with E-state index in [0.717, 1.165) is 6.29 Å². The van der Waals surface area contributed by atoms with Gasteiger partial charge in [-0.3, -0.25) is 0 Å². The number of carbonyl (C=O) groups excluding carboxylic acids is 1. The van der Waals surface area contributed by atoms with Crippen molar-refractivity contribution in [3.05, 3.63) is 0 Å². The van der Waals surface area contributed by atoms with E-state index >= 15 is 0 Å². The Kier molecular flexibility index (Phi) is 51.4. The SMILES string of the molecule is CC=O.[KH].[Zr]. The molecule has 24 valence electrons. The quantitative estimate of drug-likeness (QED) is 0.360. The molecule has 0 unspecified atom stereocenters. The van der Waals surface area contributed by atoms with Crippen molar-refractivity contribution in [3.8, 4) is 0 Å². The van der Waals surface area contributed by atoms with E-state index in [1.54, 1.807) is 0 Å². The van der Waals surface area contributed by atoms with E-state index in [1.807, 2.05) is 0 Å². The molecule has 0 radical (unpaired) electrons.